The number of carbonyl (C=O) groups is 1. The molecule has 25 heavy (non-hydrogen) atoms. The molecule has 3 aromatic rings. The maximum absolute atomic E-state index is 12.6. The molecule has 128 valence electrons. The number of fused-ring (bicyclic) bond motifs is 1. The van der Waals surface area contributed by atoms with Gasteiger partial charge < -0.3 is 4.90 Å². The van der Waals surface area contributed by atoms with E-state index in [2.05, 4.69) is 15.3 Å². The van der Waals surface area contributed by atoms with Crippen molar-refractivity contribution in [1.29, 1.82) is 0 Å². The molecule has 1 aliphatic heterocycles. The molecule has 1 fully saturated rings. The third kappa shape index (κ3) is 2.79. The van der Waals surface area contributed by atoms with Gasteiger partial charge in [0, 0.05) is 38.3 Å². The van der Waals surface area contributed by atoms with Crippen molar-refractivity contribution in [2.45, 2.75) is 18.8 Å². The summed E-state index contributed by atoms with van der Waals surface area (Å²) in [4.78, 5) is 25.8. The molecular formula is C17H18N6O2. The largest absolute Gasteiger partial charge is 0.337 e. The van der Waals surface area contributed by atoms with Crippen LogP contribution in [0.1, 0.15) is 35.1 Å². The molecule has 0 atom stereocenters. The summed E-state index contributed by atoms with van der Waals surface area (Å²) in [6.07, 6.45) is 3.62. The first-order valence-electron chi connectivity index (χ1n) is 8.27. The molecular weight excluding hydrogens is 320 g/mol. The van der Waals surface area contributed by atoms with Gasteiger partial charge in [-0.1, -0.05) is 6.07 Å². The molecule has 3 aromatic heterocycles. The number of pyridine rings is 1. The Balaban J connectivity index is 1.48. The Morgan fingerprint density at radius 2 is 1.92 bits per heavy atom. The Morgan fingerprint density at radius 3 is 2.68 bits per heavy atom. The Kier molecular flexibility index (Phi) is 3.79. The molecule has 1 aliphatic rings. The van der Waals surface area contributed by atoms with Gasteiger partial charge in [0.15, 0.2) is 5.65 Å². The smallest absolute Gasteiger partial charge is 0.274 e. The van der Waals surface area contributed by atoms with E-state index in [9.17, 15) is 9.59 Å². The van der Waals surface area contributed by atoms with Crippen LogP contribution >= 0.6 is 0 Å². The Morgan fingerprint density at radius 1 is 1.12 bits per heavy atom. The fourth-order valence-electron chi connectivity index (χ4n) is 3.26. The summed E-state index contributed by atoms with van der Waals surface area (Å²) >= 11 is 0. The summed E-state index contributed by atoms with van der Waals surface area (Å²) < 4.78 is 3.19. The molecule has 0 unspecified atom stereocenters. The van der Waals surface area contributed by atoms with E-state index in [0.717, 1.165) is 24.3 Å². The maximum Gasteiger partial charge on any atom is 0.274 e. The summed E-state index contributed by atoms with van der Waals surface area (Å²) in [5, 5.41) is 12.6. The van der Waals surface area contributed by atoms with Gasteiger partial charge in [0.2, 0.25) is 0 Å². The summed E-state index contributed by atoms with van der Waals surface area (Å²) in [5.74, 6) is 1.08. The molecule has 1 saturated heterocycles. The van der Waals surface area contributed by atoms with E-state index >= 15 is 0 Å². The lowest BCUT2D eigenvalue weighted by Crippen LogP contribution is -2.39. The number of carbonyl (C=O) groups excluding carboxylic acids is 1. The van der Waals surface area contributed by atoms with Gasteiger partial charge in [-0.25, -0.2) is 4.68 Å². The minimum Gasteiger partial charge on any atom is -0.337 e. The number of hydrogen-bond donors (Lipinski definition) is 0. The first kappa shape index (κ1) is 15.5. The first-order valence-corrected chi connectivity index (χ1v) is 8.27. The van der Waals surface area contributed by atoms with Crippen LogP contribution in [0.5, 0.6) is 0 Å². The van der Waals surface area contributed by atoms with Gasteiger partial charge in [-0.2, -0.15) is 5.10 Å². The molecule has 0 aliphatic carbocycles. The molecule has 0 N–H and O–H groups in total. The van der Waals surface area contributed by atoms with Crippen LogP contribution in [0, 0.1) is 0 Å². The fourth-order valence-corrected chi connectivity index (χ4v) is 3.26. The van der Waals surface area contributed by atoms with Gasteiger partial charge in [-0.3, -0.25) is 14.0 Å². The van der Waals surface area contributed by atoms with Gasteiger partial charge in [-0.15, -0.1) is 10.2 Å². The standard InChI is InChI=1S/C17H18N6O2/c1-21-15(24)6-5-13(20-21)17(25)22-10-7-12(8-11-22)16-19-18-14-4-2-3-9-23(14)16/h2-6,9,12H,7-8,10-11H2,1H3. The van der Waals surface area contributed by atoms with Crippen molar-refractivity contribution in [2.75, 3.05) is 13.1 Å². The highest BCUT2D eigenvalue weighted by atomic mass is 16.2. The molecule has 0 spiro atoms. The highest BCUT2D eigenvalue weighted by Crippen LogP contribution is 2.27. The molecule has 0 bridgehead atoms. The van der Waals surface area contributed by atoms with Crippen molar-refractivity contribution in [3.05, 3.63) is 58.4 Å². The number of amides is 1. The van der Waals surface area contributed by atoms with Crippen LogP contribution in [0.4, 0.5) is 0 Å². The first-order chi connectivity index (χ1) is 12.1. The number of aryl methyl sites for hydroxylation is 1. The van der Waals surface area contributed by atoms with Gasteiger partial charge >= 0.3 is 0 Å². The average molecular weight is 338 g/mol. The lowest BCUT2D eigenvalue weighted by atomic mass is 9.95. The van der Waals surface area contributed by atoms with Crippen LogP contribution in [0.15, 0.2) is 41.3 Å². The Labute approximate surface area is 143 Å². The van der Waals surface area contributed by atoms with Gasteiger partial charge in [0.05, 0.1) is 0 Å². The molecule has 0 saturated carbocycles. The van der Waals surface area contributed by atoms with E-state index in [1.54, 1.807) is 11.9 Å². The summed E-state index contributed by atoms with van der Waals surface area (Å²) in [7, 11) is 1.54. The second-order valence-electron chi connectivity index (χ2n) is 6.23. The van der Waals surface area contributed by atoms with Crippen molar-refractivity contribution in [2.24, 2.45) is 7.05 Å². The summed E-state index contributed by atoms with van der Waals surface area (Å²) in [6, 6.07) is 8.69. The quantitative estimate of drug-likeness (QED) is 0.691. The highest BCUT2D eigenvalue weighted by molar-refractivity contribution is 5.92. The van der Waals surface area contributed by atoms with Gasteiger partial charge in [-0.05, 0) is 31.0 Å². The highest BCUT2D eigenvalue weighted by Gasteiger charge is 2.28. The number of aromatic nitrogens is 5. The third-order valence-electron chi connectivity index (χ3n) is 4.67. The SMILES string of the molecule is Cn1nc(C(=O)N2CCC(c3nnc4ccccn34)CC2)ccc1=O. The van der Waals surface area contributed by atoms with E-state index < -0.39 is 0 Å². The number of rotatable bonds is 2. The van der Waals surface area contributed by atoms with Crippen LogP contribution in [-0.4, -0.2) is 48.3 Å². The lowest BCUT2D eigenvalue weighted by molar-refractivity contribution is 0.0702. The summed E-state index contributed by atoms with van der Waals surface area (Å²) in [6.45, 7) is 1.27. The van der Waals surface area contributed by atoms with E-state index in [4.69, 9.17) is 0 Å². The predicted octanol–water partition coefficient (Wildman–Crippen LogP) is 0.843. The Hall–Kier alpha value is -3.03. The third-order valence-corrected chi connectivity index (χ3v) is 4.67. The number of piperidine rings is 1. The zero-order valence-corrected chi connectivity index (χ0v) is 13.9. The average Bonchev–Trinajstić information content (AvgIpc) is 3.08. The van der Waals surface area contributed by atoms with E-state index in [0.29, 0.717) is 18.8 Å². The predicted molar refractivity (Wildman–Crippen MR) is 90.3 cm³/mol. The zero-order chi connectivity index (χ0) is 17.4. The van der Waals surface area contributed by atoms with Gasteiger partial charge in [0.1, 0.15) is 11.5 Å². The van der Waals surface area contributed by atoms with Crippen molar-refractivity contribution in [3.63, 3.8) is 0 Å². The van der Waals surface area contributed by atoms with Gasteiger partial charge in [0.25, 0.3) is 11.5 Å². The van der Waals surface area contributed by atoms with Crippen LogP contribution in [0.25, 0.3) is 5.65 Å². The maximum atomic E-state index is 12.6. The molecule has 1 amide bonds. The molecule has 8 nitrogen and oxygen atoms in total. The molecule has 0 radical (unpaired) electrons. The second-order valence-corrected chi connectivity index (χ2v) is 6.23. The monoisotopic (exact) mass is 338 g/mol. The number of likely N-dealkylation sites (tertiary alicyclic amines) is 1. The molecule has 8 heteroatoms. The van der Waals surface area contributed by atoms with E-state index in [1.807, 2.05) is 28.8 Å². The van der Waals surface area contributed by atoms with Crippen LogP contribution in [-0.2, 0) is 7.05 Å². The normalized spacial score (nSPS) is 15.6. The van der Waals surface area contributed by atoms with E-state index in [-0.39, 0.29) is 17.4 Å². The van der Waals surface area contributed by atoms with E-state index in [1.165, 1.54) is 16.8 Å². The van der Waals surface area contributed by atoms with Crippen molar-refractivity contribution in [1.82, 2.24) is 29.3 Å². The van der Waals surface area contributed by atoms with Crippen molar-refractivity contribution < 1.29 is 4.79 Å². The lowest BCUT2D eigenvalue weighted by Gasteiger charge is -2.31. The molecule has 4 heterocycles. The Bertz CT molecular complexity index is 984. The second kappa shape index (κ2) is 6.12. The minimum atomic E-state index is -0.228. The number of nitrogens with zero attached hydrogens (tertiary/aromatic N) is 6. The molecule has 4 rings (SSSR count). The fraction of sp³-hybridized carbons (Fsp3) is 0.353. The topological polar surface area (TPSA) is 85.4 Å². The van der Waals surface area contributed by atoms with Crippen LogP contribution in [0.3, 0.4) is 0 Å². The summed E-state index contributed by atoms with van der Waals surface area (Å²) in [5.41, 5.74) is 0.910. The van der Waals surface area contributed by atoms with Crippen molar-refractivity contribution >= 4 is 11.6 Å². The molecule has 0 aromatic carbocycles. The zero-order valence-electron chi connectivity index (χ0n) is 13.9. The van der Waals surface area contributed by atoms with Crippen LogP contribution in [0.2, 0.25) is 0 Å². The number of hydrogen-bond acceptors (Lipinski definition) is 5. The minimum absolute atomic E-state index is 0.139. The van der Waals surface area contributed by atoms with Crippen LogP contribution < -0.4 is 5.56 Å². The van der Waals surface area contributed by atoms with Crippen molar-refractivity contribution in [3.8, 4) is 0 Å².